The van der Waals surface area contributed by atoms with Crippen LogP contribution in [0.2, 0.25) is 0 Å². The summed E-state index contributed by atoms with van der Waals surface area (Å²) < 4.78 is 15.9. The summed E-state index contributed by atoms with van der Waals surface area (Å²) in [5.41, 5.74) is 0.700. The first-order valence-electron chi connectivity index (χ1n) is 6.68. The van der Waals surface area contributed by atoms with E-state index < -0.39 is 0 Å². The Morgan fingerprint density at radius 3 is 2.52 bits per heavy atom. The molecule has 21 heavy (non-hydrogen) atoms. The topological polar surface area (TPSA) is 12.0 Å². The van der Waals surface area contributed by atoms with Crippen molar-refractivity contribution in [3.8, 4) is 0 Å². The number of hydrogen-bond donors (Lipinski definition) is 1. The fourth-order valence-electron chi connectivity index (χ4n) is 2.03. The van der Waals surface area contributed by atoms with Crippen molar-refractivity contribution in [3.05, 3.63) is 62.8 Å². The first kappa shape index (κ1) is 17.0. The average molecular weight is 433 g/mol. The van der Waals surface area contributed by atoms with Gasteiger partial charge in [0.2, 0.25) is 0 Å². The van der Waals surface area contributed by atoms with E-state index in [0.29, 0.717) is 10.0 Å². The Bertz CT molecular complexity index is 607. The highest BCUT2D eigenvalue weighted by Crippen LogP contribution is 2.32. The molecule has 1 atom stereocenters. The molecule has 0 amide bonds. The normalized spacial score (nSPS) is 12.4. The van der Waals surface area contributed by atoms with E-state index in [1.807, 2.05) is 37.3 Å². The fourth-order valence-corrected chi connectivity index (χ4v) is 4.06. The summed E-state index contributed by atoms with van der Waals surface area (Å²) in [6, 6.07) is 13.5. The van der Waals surface area contributed by atoms with Crippen molar-refractivity contribution >= 4 is 43.6 Å². The molecule has 0 saturated carbocycles. The Kier molecular flexibility index (Phi) is 6.74. The predicted octanol–water partition coefficient (Wildman–Crippen LogP) is 5.79. The molecule has 0 saturated heterocycles. The zero-order valence-corrected chi connectivity index (χ0v) is 15.6. The molecule has 1 nitrogen and oxygen atoms in total. The van der Waals surface area contributed by atoms with Crippen LogP contribution < -0.4 is 5.32 Å². The van der Waals surface area contributed by atoms with E-state index in [2.05, 4.69) is 43.2 Å². The van der Waals surface area contributed by atoms with E-state index >= 15 is 0 Å². The lowest BCUT2D eigenvalue weighted by molar-refractivity contribution is 0.542. The van der Waals surface area contributed by atoms with Crippen molar-refractivity contribution in [2.24, 2.45) is 0 Å². The molecule has 0 heterocycles. The van der Waals surface area contributed by atoms with E-state index in [-0.39, 0.29) is 11.9 Å². The maximum absolute atomic E-state index is 14.3. The van der Waals surface area contributed by atoms with Gasteiger partial charge >= 0.3 is 0 Å². The first-order valence-corrected chi connectivity index (χ1v) is 9.25. The van der Waals surface area contributed by atoms with Gasteiger partial charge in [-0.2, -0.15) is 0 Å². The van der Waals surface area contributed by atoms with Gasteiger partial charge in [0.25, 0.3) is 0 Å². The third kappa shape index (κ3) is 4.55. The maximum Gasteiger partial charge on any atom is 0.142 e. The van der Waals surface area contributed by atoms with Crippen LogP contribution in [0.3, 0.4) is 0 Å². The first-order chi connectivity index (χ1) is 10.1. The van der Waals surface area contributed by atoms with Gasteiger partial charge in [0, 0.05) is 26.7 Å². The lowest BCUT2D eigenvalue weighted by atomic mass is 10.1. The van der Waals surface area contributed by atoms with Gasteiger partial charge in [-0.15, -0.1) is 11.8 Å². The Balaban J connectivity index is 2.16. The Labute approximate surface area is 146 Å². The lowest BCUT2D eigenvalue weighted by Crippen LogP contribution is -2.24. The van der Waals surface area contributed by atoms with Crippen LogP contribution in [0.25, 0.3) is 0 Å². The molecule has 0 aliphatic rings. The molecule has 1 N–H and O–H groups in total. The Hall–Kier alpha value is -0.360. The number of benzene rings is 2. The molecule has 0 bridgehead atoms. The van der Waals surface area contributed by atoms with E-state index in [0.717, 1.165) is 21.7 Å². The van der Waals surface area contributed by atoms with E-state index in [1.165, 1.54) is 0 Å². The van der Waals surface area contributed by atoms with Crippen LogP contribution in [-0.4, -0.2) is 12.3 Å². The maximum atomic E-state index is 14.3. The summed E-state index contributed by atoms with van der Waals surface area (Å²) in [6.07, 6.45) is 0. The van der Waals surface area contributed by atoms with Crippen LogP contribution in [-0.2, 0) is 0 Å². The summed E-state index contributed by atoms with van der Waals surface area (Å²) in [5, 5.41) is 3.36. The minimum absolute atomic E-state index is 0.0235. The number of nitrogens with one attached hydrogen (secondary N) is 1. The summed E-state index contributed by atoms with van der Waals surface area (Å²) in [7, 11) is 0. The number of hydrogen-bond acceptors (Lipinski definition) is 2. The van der Waals surface area contributed by atoms with Gasteiger partial charge in [0.15, 0.2) is 0 Å². The molecular weight excluding hydrogens is 417 g/mol. The molecule has 0 aromatic heterocycles. The van der Waals surface area contributed by atoms with Crippen molar-refractivity contribution in [2.45, 2.75) is 17.9 Å². The summed E-state index contributed by atoms with van der Waals surface area (Å²) in [6.45, 7) is 2.83. The van der Waals surface area contributed by atoms with Gasteiger partial charge in [0.1, 0.15) is 5.82 Å². The monoisotopic (exact) mass is 431 g/mol. The average Bonchev–Trinajstić information content (AvgIpc) is 2.48. The van der Waals surface area contributed by atoms with Crippen LogP contribution in [0.5, 0.6) is 0 Å². The van der Waals surface area contributed by atoms with E-state index in [4.69, 9.17) is 0 Å². The third-order valence-electron chi connectivity index (χ3n) is 3.05. The van der Waals surface area contributed by atoms with Gasteiger partial charge in [-0.1, -0.05) is 31.2 Å². The number of halogens is 3. The van der Waals surface area contributed by atoms with Crippen LogP contribution in [0.4, 0.5) is 4.39 Å². The summed E-state index contributed by atoms with van der Waals surface area (Å²) in [5.74, 6) is 0.584. The SMILES string of the molecule is CCNC(CSc1ccccc1Br)c1cccc(Br)c1F. The van der Waals surface area contributed by atoms with Gasteiger partial charge < -0.3 is 5.32 Å². The van der Waals surface area contributed by atoms with Crippen molar-refractivity contribution < 1.29 is 4.39 Å². The second-order valence-electron chi connectivity index (χ2n) is 4.49. The molecule has 1 unspecified atom stereocenters. The van der Waals surface area contributed by atoms with E-state index in [1.54, 1.807) is 17.8 Å². The molecule has 2 aromatic carbocycles. The highest BCUT2D eigenvalue weighted by atomic mass is 79.9. The van der Waals surface area contributed by atoms with Crippen molar-refractivity contribution in [1.29, 1.82) is 0 Å². The van der Waals surface area contributed by atoms with Crippen LogP contribution in [0.15, 0.2) is 56.3 Å². The highest BCUT2D eigenvalue weighted by Gasteiger charge is 2.17. The molecule has 0 aliphatic carbocycles. The quantitative estimate of drug-likeness (QED) is 0.579. The highest BCUT2D eigenvalue weighted by molar-refractivity contribution is 9.10. The molecule has 0 radical (unpaired) electrons. The van der Waals surface area contributed by atoms with Gasteiger partial charge in [-0.05, 0) is 56.6 Å². The molecule has 2 aromatic rings. The summed E-state index contributed by atoms with van der Waals surface area (Å²) >= 11 is 8.51. The molecule has 5 heteroatoms. The number of thioether (sulfide) groups is 1. The van der Waals surface area contributed by atoms with Crippen LogP contribution in [0, 0.1) is 5.82 Å². The van der Waals surface area contributed by atoms with Crippen molar-refractivity contribution in [1.82, 2.24) is 5.32 Å². The van der Waals surface area contributed by atoms with Crippen LogP contribution >= 0.6 is 43.6 Å². The van der Waals surface area contributed by atoms with Gasteiger partial charge in [0.05, 0.1) is 4.47 Å². The lowest BCUT2D eigenvalue weighted by Gasteiger charge is -2.19. The predicted molar refractivity (Wildman–Crippen MR) is 95.4 cm³/mol. The fraction of sp³-hybridized carbons (Fsp3) is 0.250. The second kappa shape index (κ2) is 8.32. The Morgan fingerprint density at radius 2 is 1.81 bits per heavy atom. The van der Waals surface area contributed by atoms with Crippen molar-refractivity contribution in [3.63, 3.8) is 0 Å². The smallest absolute Gasteiger partial charge is 0.142 e. The van der Waals surface area contributed by atoms with E-state index in [9.17, 15) is 4.39 Å². The zero-order valence-electron chi connectivity index (χ0n) is 11.6. The molecule has 0 spiro atoms. The third-order valence-corrected chi connectivity index (χ3v) is 5.78. The molecule has 0 fully saturated rings. The van der Waals surface area contributed by atoms with Crippen molar-refractivity contribution in [2.75, 3.05) is 12.3 Å². The second-order valence-corrected chi connectivity index (χ2v) is 7.27. The van der Waals surface area contributed by atoms with Gasteiger partial charge in [-0.3, -0.25) is 0 Å². The molecule has 0 aliphatic heterocycles. The minimum atomic E-state index is -0.184. The largest absolute Gasteiger partial charge is 0.309 e. The van der Waals surface area contributed by atoms with Gasteiger partial charge in [-0.25, -0.2) is 4.39 Å². The zero-order chi connectivity index (χ0) is 15.2. The minimum Gasteiger partial charge on any atom is -0.309 e. The van der Waals surface area contributed by atoms with Crippen LogP contribution in [0.1, 0.15) is 18.5 Å². The molecule has 2 rings (SSSR count). The molecular formula is C16H16Br2FNS. The molecule has 112 valence electrons. The summed E-state index contributed by atoms with van der Waals surface area (Å²) in [4.78, 5) is 1.16. The number of rotatable bonds is 6. The Morgan fingerprint density at radius 1 is 1.10 bits per heavy atom. The standard InChI is InChI=1S/C16H16Br2FNS/c1-2-20-14(11-6-5-8-13(18)16(11)19)10-21-15-9-4-3-7-12(15)17/h3-9,14,20H,2,10H2,1H3.